The number of esters is 1. The van der Waals surface area contributed by atoms with Crippen molar-refractivity contribution in [2.45, 2.75) is 39.2 Å². The van der Waals surface area contributed by atoms with Gasteiger partial charge in [-0.2, -0.15) is 0 Å². The van der Waals surface area contributed by atoms with Crippen molar-refractivity contribution in [2.75, 3.05) is 6.61 Å². The molecule has 1 aromatic heterocycles. The van der Waals surface area contributed by atoms with Crippen LogP contribution in [-0.2, 0) is 9.53 Å². The molecule has 0 spiro atoms. The predicted octanol–water partition coefficient (Wildman–Crippen LogP) is 3.41. The Kier molecular flexibility index (Phi) is 4.51. The molecular weight excluding hydrogens is 304 g/mol. The van der Waals surface area contributed by atoms with Gasteiger partial charge in [-0.15, -0.1) is 0 Å². The van der Waals surface area contributed by atoms with E-state index in [1.54, 1.807) is 17.8 Å². The molecule has 0 saturated heterocycles. The van der Waals surface area contributed by atoms with Crippen LogP contribution in [-0.4, -0.2) is 27.9 Å². The van der Waals surface area contributed by atoms with E-state index in [9.17, 15) is 9.59 Å². The SMILES string of the molecule is CC(=O)C1(COC(=O)c2cncn2[C@H](C)c2ccccc2)CCC1. The lowest BCUT2D eigenvalue weighted by atomic mass is 9.67. The first kappa shape index (κ1) is 16.4. The largest absolute Gasteiger partial charge is 0.460 e. The Balaban J connectivity index is 1.73. The van der Waals surface area contributed by atoms with Crippen LogP contribution in [0.5, 0.6) is 0 Å². The van der Waals surface area contributed by atoms with Gasteiger partial charge in [-0.3, -0.25) is 4.79 Å². The summed E-state index contributed by atoms with van der Waals surface area (Å²) in [5.41, 5.74) is 1.03. The fourth-order valence-corrected chi connectivity index (χ4v) is 3.14. The molecule has 0 bridgehead atoms. The summed E-state index contributed by atoms with van der Waals surface area (Å²) in [4.78, 5) is 28.4. The molecule has 24 heavy (non-hydrogen) atoms. The summed E-state index contributed by atoms with van der Waals surface area (Å²) >= 11 is 0. The molecule has 0 amide bonds. The maximum atomic E-state index is 12.5. The second kappa shape index (κ2) is 6.59. The van der Waals surface area contributed by atoms with E-state index in [4.69, 9.17) is 4.74 Å². The van der Waals surface area contributed by atoms with Crippen molar-refractivity contribution in [3.8, 4) is 0 Å². The number of imidazole rings is 1. The molecule has 0 unspecified atom stereocenters. The van der Waals surface area contributed by atoms with Crippen LogP contribution in [0.25, 0.3) is 0 Å². The Hall–Kier alpha value is -2.43. The summed E-state index contributed by atoms with van der Waals surface area (Å²) in [6, 6.07) is 9.89. The highest BCUT2D eigenvalue weighted by atomic mass is 16.5. The molecule has 0 radical (unpaired) electrons. The van der Waals surface area contributed by atoms with Gasteiger partial charge in [-0.25, -0.2) is 9.78 Å². The minimum absolute atomic E-state index is 0.0262. The van der Waals surface area contributed by atoms with E-state index in [0.717, 1.165) is 24.8 Å². The fourth-order valence-electron chi connectivity index (χ4n) is 3.14. The van der Waals surface area contributed by atoms with Crippen molar-refractivity contribution in [3.63, 3.8) is 0 Å². The van der Waals surface area contributed by atoms with Crippen molar-refractivity contribution in [1.82, 2.24) is 9.55 Å². The van der Waals surface area contributed by atoms with Gasteiger partial charge in [0.05, 0.1) is 24.0 Å². The van der Waals surface area contributed by atoms with Gasteiger partial charge in [0.25, 0.3) is 0 Å². The van der Waals surface area contributed by atoms with Crippen LogP contribution >= 0.6 is 0 Å². The number of carbonyl (C=O) groups excluding carboxylic acids is 2. The molecule has 1 aromatic carbocycles. The molecule has 126 valence electrons. The molecule has 1 atom stereocenters. The topological polar surface area (TPSA) is 61.2 Å². The second-order valence-corrected chi connectivity index (χ2v) is 6.54. The van der Waals surface area contributed by atoms with Crippen molar-refractivity contribution in [1.29, 1.82) is 0 Å². The van der Waals surface area contributed by atoms with E-state index < -0.39 is 11.4 Å². The fraction of sp³-hybridized carbons (Fsp3) is 0.421. The van der Waals surface area contributed by atoms with Gasteiger partial charge in [-0.05, 0) is 32.3 Å². The van der Waals surface area contributed by atoms with Gasteiger partial charge >= 0.3 is 5.97 Å². The van der Waals surface area contributed by atoms with Gasteiger partial charge in [0.15, 0.2) is 0 Å². The zero-order valence-electron chi connectivity index (χ0n) is 14.1. The molecule has 1 fully saturated rings. The second-order valence-electron chi connectivity index (χ2n) is 6.54. The number of Topliss-reactive ketones (excluding diaryl/α,β-unsaturated/α-hetero) is 1. The lowest BCUT2D eigenvalue weighted by Gasteiger charge is -2.38. The molecule has 5 heteroatoms. The predicted molar refractivity (Wildman–Crippen MR) is 89.7 cm³/mol. The lowest BCUT2D eigenvalue weighted by Crippen LogP contribution is -2.41. The number of ketones is 1. The van der Waals surface area contributed by atoms with Gasteiger partial charge in [0, 0.05) is 0 Å². The van der Waals surface area contributed by atoms with Gasteiger partial charge in [0.2, 0.25) is 0 Å². The van der Waals surface area contributed by atoms with Crippen molar-refractivity contribution >= 4 is 11.8 Å². The maximum absolute atomic E-state index is 12.5. The summed E-state index contributed by atoms with van der Waals surface area (Å²) in [7, 11) is 0. The summed E-state index contributed by atoms with van der Waals surface area (Å²) < 4.78 is 7.27. The van der Waals surface area contributed by atoms with E-state index in [2.05, 4.69) is 4.98 Å². The van der Waals surface area contributed by atoms with Gasteiger partial charge in [-0.1, -0.05) is 36.8 Å². The van der Waals surface area contributed by atoms with Crippen LogP contribution in [0.3, 0.4) is 0 Å². The average Bonchev–Trinajstić information content (AvgIpc) is 3.03. The number of rotatable bonds is 6. The molecule has 3 rings (SSSR count). The Labute approximate surface area is 141 Å². The lowest BCUT2D eigenvalue weighted by molar-refractivity contribution is -0.134. The van der Waals surface area contributed by atoms with E-state index in [1.165, 1.54) is 6.20 Å². The Morgan fingerprint density at radius 1 is 1.29 bits per heavy atom. The number of hydrogen-bond donors (Lipinski definition) is 0. The van der Waals surface area contributed by atoms with Crippen LogP contribution in [0, 0.1) is 5.41 Å². The molecule has 1 heterocycles. The van der Waals surface area contributed by atoms with Crippen molar-refractivity contribution < 1.29 is 14.3 Å². The number of carbonyl (C=O) groups is 2. The van der Waals surface area contributed by atoms with Crippen LogP contribution < -0.4 is 0 Å². The minimum atomic E-state index is -0.467. The molecular formula is C19H22N2O3. The third kappa shape index (κ3) is 2.98. The average molecular weight is 326 g/mol. The summed E-state index contributed by atoms with van der Waals surface area (Å²) in [6.07, 6.45) is 5.77. The molecule has 1 aliphatic carbocycles. The van der Waals surface area contributed by atoms with Crippen LogP contribution in [0.15, 0.2) is 42.9 Å². The zero-order chi connectivity index (χ0) is 17.2. The van der Waals surface area contributed by atoms with Crippen LogP contribution in [0.2, 0.25) is 0 Å². The highest BCUT2D eigenvalue weighted by Gasteiger charge is 2.43. The van der Waals surface area contributed by atoms with E-state index in [0.29, 0.717) is 5.69 Å². The highest BCUT2D eigenvalue weighted by molar-refractivity contribution is 5.88. The molecule has 5 nitrogen and oxygen atoms in total. The molecule has 0 N–H and O–H groups in total. The maximum Gasteiger partial charge on any atom is 0.356 e. The summed E-state index contributed by atoms with van der Waals surface area (Å²) in [6.45, 7) is 3.75. The zero-order valence-corrected chi connectivity index (χ0v) is 14.1. The number of ether oxygens (including phenoxy) is 1. The third-order valence-corrected chi connectivity index (χ3v) is 5.11. The van der Waals surface area contributed by atoms with E-state index >= 15 is 0 Å². The van der Waals surface area contributed by atoms with Crippen molar-refractivity contribution in [2.24, 2.45) is 5.41 Å². The first-order valence-electron chi connectivity index (χ1n) is 8.28. The number of aromatic nitrogens is 2. The highest BCUT2D eigenvalue weighted by Crippen LogP contribution is 2.42. The normalized spacial score (nSPS) is 16.9. The first-order chi connectivity index (χ1) is 11.5. The summed E-state index contributed by atoms with van der Waals surface area (Å²) in [5, 5.41) is 0. The number of nitrogens with zero attached hydrogens (tertiary/aromatic N) is 2. The third-order valence-electron chi connectivity index (χ3n) is 5.11. The minimum Gasteiger partial charge on any atom is -0.460 e. The Morgan fingerprint density at radius 2 is 2.00 bits per heavy atom. The quantitative estimate of drug-likeness (QED) is 0.763. The van der Waals surface area contributed by atoms with E-state index in [-0.39, 0.29) is 18.4 Å². The molecule has 1 aliphatic rings. The van der Waals surface area contributed by atoms with Crippen LogP contribution in [0.4, 0.5) is 0 Å². The smallest absolute Gasteiger partial charge is 0.356 e. The van der Waals surface area contributed by atoms with Gasteiger partial charge in [0.1, 0.15) is 18.1 Å². The standard InChI is InChI=1S/C19H22N2O3/c1-14(16-7-4-3-5-8-16)21-13-20-11-17(21)18(23)24-12-19(15(2)22)9-6-10-19/h3-5,7-8,11,13-14H,6,9-10,12H2,1-2H3/t14-/m1/s1. The van der Waals surface area contributed by atoms with Crippen LogP contribution in [0.1, 0.15) is 55.2 Å². The van der Waals surface area contributed by atoms with Crippen molar-refractivity contribution in [3.05, 3.63) is 54.1 Å². The first-order valence-corrected chi connectivity index (χ1v) is 8.28. The summed E-state index contributed by atoms with van der Waals surface area (Å²) in [5.74, 6) is -0.324. The van der Waals surface area contributed by atoms with E-state index in [1.807, 2.05) is 37.3 Å². The number of benzene rings is 1. The number of hydrogen-bond acceptors (Lipinski definition) is 4. The molecule has 2 aromatic rings. The van der Waals surface area contributed by atoms with Gasteiger partial charge < -0.3 is 9.30 Å². The monoisotopic (exact) mass is 326 g/mol. The Morgan fingerprint density at radius 3 is 2.58 bits per heavy atom. The molecule has 1 saturated carbocycles. The molecule has 0 aliphatic heterocycles. The Bertz CT molecular complexity index is 732.